The van der Waals surface area contributed by atoms with Gasteiger partial charge in [-0.1, -0.05) is 0 Å². The molecule has 0 spiro atoms. The maximum atomic E-state index is 13.4. The third kappa shape index (κ3) is 2.22. The number of halogens is 2. The topological polar surface area (TPSA) is 75.7 Å². The predicted molar refractivity (Wildman–Crippen MR) is 56.3 cm³/mol. The van der Waals surface area contributed by atoms with Crippen LogP contribution >= 0.6 is 15.9 Å². The van der Waals surface area contributed by atoms with E-state index in [1.54, 1.807) is 0 Å². The van der Waals surface area contributed by atoms with Gasteiger partial charge in [-0.15, -0.1) is 0 Å². The molecule has 0 saturated carbocycles. The summed E-state index contributed by atoms with van der Waals surface area (Å²) in [4.78, 5) is 0. The molecule has 0 fully saturated rings. The van der Waals surface area contributed by atoms with Crippen molar-refractivity contribution in [2.24, 2.45) is 5.73 Å². The fourth-order valence-corrected chi connectivity index (χ4v) is 1.76. The van der Waals surface area contributed by atoms with Crippen LogP contribution in [0, 0.1) is 5.82 Å². The van der Waals surface area contributed by atoms with E-state index in [9.17, 15) is 14.6 Å². The van der Waals surface area contributed by atoms with Crippen molar-refractivity contribution >= 4 is 15.9 Å². The van der Waals surface area contributed by atoms with E-state index < -0.39 is 11.9 Å². The molecule has 0 amide bonds. The average Bonchev–Trinajstić information content (AvgIpc) is 2.23. The van der Waals surface area contributed by atoms with E-state index in [0.29, 0.717) is 0 Å². The first-order chi connectivity index (χ1) is 7.02. The Bertz CT molecular complexity index is 373. The first-order valence-electron chi connectivity index (χ1n) is 4.15. The Morgan fingerprint density at radius 2 is 2.27 bits per heavy atom. The minimum Gasteiger partial charge on any atom is -0.506 e. The lowest BCUT2D eigenvalue weighted by atomic mass is 10.1. The van der Waals surface area contributed by atoms with Crippen molar-refractivity contribution in [3.05, 3.63) is 21.9 Å². The van der Waals surface area contributed by atoms with Crippen molar-refractivity contribution in [3.8, 4) is 11.5 Å². The Labute approximate surface area is 94.6 Å². The van der Waals surface area contributed by atoms with Gasteiger partial charge in [0.15, 0.2) is 11.6 Å². The van der Waals surface area contributed by atoms with Crippen molar-refractivity contribution < 1.29 is 19.3 Å². The molecule has 0 aromatic heterocycles. The first kappa shape index (κ1) is 12.2. The standard InChI is InChI=1S/C9H11BrFNO3/c1-15-9-5(11)2-4(6(13)3-12)8(14)7(9)10/h2,6,13-14H,3,12H2,1H3. The molecule has 0 saturated heterocycles. The number of rotatable bonds is 3. The lowest BCUT2D eigenvalue weighted by Gasteiger charge is -2.14. The average molecular weight is 280 g/mol. The van der Waals surface area contributed by atoms with Gasteiger partial charge in [0.05, 0.1) is 13.2 Å². The van der Waals surface area contributed by atoms with E-state index in [1.165, 1.54) is 7.11 Å². The van der Waals surface area contributed by atoms with Gasteiger partial charge in [0.25, 0.3) is 0 Å². The molecule has 1 rings (SSSR count). The van der Waals surface area contributed by atoms with Gasteiger partial charge in [-0.05, 0) is 22.0 Å². The van der Waals surface area contributed by atoms with Crippen LogP contribution in [0.3, 0.4) is 0 Å². The Morgan fingerprint density at radius 3 is 2.73 bits per heavy atom. The summed E-state index contributed by atoms with van der Waals surface area (Å²) in [5.41, 5.74) is 5.24. The van der Waals surface area contributed by atoms with Crippen molar-refractivity contribution in [3.63, 3.8) is 0 Å². The number of nitrogens with two attached hydrogens (primary N) is 1. The van der Waals surface area contributed by atoms with E-state index in [4.69, 9.17) is 10.5 Å². The normalized spacial score (nSPS) is 12.6. The van der Waals surface area contributed by atoms with Crippen molar-refractivity contribution in [2.75, 3.05) is 13.7 Å². The van der Waals surface area contributed by atoms with Crippen LogP contribution in [-0.4, -0.2) is 23.9 Å². The highest BCUT2D eigenvalue weighted by atomic mass is 79.9. The molecule has 0 aliphatic heterocycles. The molecular formula is C9H11BrFNO3. The fourth-order valence-electron chi connectivity index (χ4n) is 1.18. The van der Waals surface area contributed by atoms with Crippen LogP contribution in [0.2, 0.25) is 0 Å². The highest BCUT2D eigenvalue weighted by molar-refractivity contribution is 9.10. The molecule has 15 heavy (non-hydrogen) atoms. The fraction of sp³-hybridized carbons (Fsp3) is 0.333. The number of hydrogen-bond acceptors (Lipinski definition) is 4. The molecule has 0 bridgehead atoms. The van der Waals surface area contributed by atoms with Gasteiger partial charge in [-0.2, -0.15) is 0 Å². The Balaban J connectivity index is 3.33. The van der Waals surface area contributed by atoms with E-state index in [0.717, 1.165) is 6.07 Å². The summed E-state index contributed by atoms with van der Waals surface area (Å²) < 4.78 is 18.2. The summed E-state index contributed by atoms with van der Waals surface area (Å²) in [7, 11) is 1.28. The summed E-state index contributed by atoms with van der Waals surface area (Å²) >= 11 is 2.97. The molecule has 0 aliphatic rings. The van der Waals surface area contributed by atoms with E-state index in [1.807, 2.05) is 0 Å². The van der Waals surface area contributed by atoms with Crippen molar-refractivity contribution in [1.29, 1.82) is 0 Å². The SMILES string of the molecule is COc1c(F)cc(C(O)CN)c(O)c1Br. The van der Waals surface area contributed by atoms with Crippen molar-refractivity contribution in [2.45, 2.75) is 6.10 Å². The van der Waals surface area contributed by atoms with Gasteiger partial charge >= 0.3 is 0 Å². The zero-order valence-electron chi connectivity index (χ0n) is 8.00. The molecule has 1 unspecified atom stereocenters. The van der Waals surface area contributed by atoms with E-state index in [2.05, 4.69) is 15.9 Å². The zero-order chi connectivity index (χ0) is 11.6. The zero-order valence-corrected chi connectivity index (χ0v) is 9.58. The minimum atomic E-state index is -1.11. The van der Waals surface area contributed by atoms with Crippen LogP contribution in [0.1, 0.15) is 11.7 Å². The van der Waals surface area contributed by atoms with Crippen LogP contribution in [-0.2, 0) is 0 Å². The van der Waals surface area contributed by atoms with E-state index >= 15 is 0 Å². The van der Waals surface area contributed by atoms with Gasteiger partial charge in [0, 0.05) is 12.1 Å². The highest BCUT2D eigenvalue weighted by Crippen LogP contribution is 2.40. The van der Waals surface area contributed by atoms with E-state index in [-0.39, 0.29) is 28.1 Å². The lowest BCUT2D eigenvalue weighted by Crippen LogP contribution is -2.12. The summed E-state index contributed by atoms with van der Waals surface area (Å²) in [5, 5.41) is 19.0. The Morgan fingerprint density at radius 1 is 1.67 bits per heavy atom. The van der Waals surface area contributed by atoms with Crippen LogP contribution in [0.4, 0.5) is 4.39 Å². The number of phenolic OH excluding ortho intramolecular Hbond substituents is 1. The number of ether oxygens (including phenoxy) is 1. The van der Waals surface area contributed by atoms with Gasteiger partial charge < -0.3 is 20.7 Å². The summed E-state index contributed by atoms with van der Waals surface area (Å²) in [6.07, 6.45) is -1.11. The molecule has 84 valence electrons. The molecule has 0 aliphatic carbocycles. The Hall–Kier alpha value is -0.850. The maximum Gasteiger partial charge on any atom is 0.172 e. The smallest absolute Gasteiger partial charge is 0.172 e. The largest absolute Gasteiger partial charge is 0.506 e. The third-order valence-corrected chi connectivity index (χ3v) is 2.70. The van der Waals surface area contributed by atoms with Gasteiger partial charge in [0.1, 0.15) is 10.2 Å². The first-order valence-corrected chi connectivity index (χ1v) is 4.95. The summed E-state index contributed by atoms with van der Waals surface area (Å²) in [6, 6.07) is 0.996. The number of benzene rings is 1. The number of aliphatic hydroxyl groups is 1. The second kappa shape index (κ2) is 4.78. The number of phenols is 1. The summed E-state index contributed by atoms with van der Waals surface area (Å²) in [6.45, 7) is -0.105. The quantitative estimate of drug-likeness (QED) is 0.780. The van der Waals surface area contributed by atoms with Gasteiger partial charge in [-0.3, -0.25) is 0 Å². The number of aliphatic hydroxyl groups excluding tert-OH is 1. The molecular weight excluding hydrogens is 269 g/mol. The van der Waals surface area contributed by atoms with Gasteiger partial charge in [-0.25, -0.2) is 4.39 Å². The summed E-state index contributed by atoms with van der Waals surface area (Å²) in [5.74, 6) is -1.06. The van der Waals surface area contributed by atoms with Crippen LogP contribution in [0.5, 0.6) is 11.5 Å². The molecule has 1 aromatic rings. The molecule has 1 aromatic carbocycles. The predicted octanol–water partition coefficient (Wildman–Crippen LogP) is 1.29. The van der Waals surface area contributed by atoms with Crippen LogP contribution in [0.15, 0.2) is 10.5 Å². The van der Waals surface area contributed by atoms with Crippen molar-refractivity contribution in [1.82, 2.24) is 0 Å². The van der Waals surface area contributed by atoms with Crippen LogP contribution < -0.4 is 10.5 Å². The third-order valence-electron chi connectivity index (χ3n) is 1.97. The second-order valence-electron chi connectivity index (χ2n) is 2.89. The number of hydrogen-bond donors (Lipinski definition) is 3. The monoisotopic (exact) mass is 279 g/mol. The molecule has 1 atom stereocenters. The molecule has 6 heteroatoms. The minimum absolute atomic E-state index is 0.0303. The highest BCUT2D eigenvalue weighted by Gasteiger charge is 2.20. The molecule has 0 radical (unpaired) electrons. The molecule has 4 nitrogen and oxygen atoms in total. The second-order valence-corrected chi connectivity index (χ2v) is 3.69. The maximum absolute atomic E-state index is 13.4. The number of methoxy groups -OCH3 is 1. The number of aromatic hydroxyl groups is 1. The molecule has 4 N–H and O–H groups in total. The Kier molecular flexibility index (Phi) is 3.90. The molecule has 0 heterocycles. The van der Waals surface area contributed by atoms with Gasteiger partial charge in [0.2, 0.25) is 0 Å². The van der Waals surface area contributed by atoms with Crippen LogP contribution in [0.25, 0.3) is 0 Å². The lowest BCUT2D eigenvalue weighted by molar-refractivity contribution is 0.181.